The van der Waals surface area contributed by atoms with Gasteiger partial charge in [0.15, 0.2) is 5.88 Å². The lowest BCUT2D eigenvalue weighted by molar-refractivity contribution is 0.102. The number of nitrogens with zero attached hydrogens (tertiary/aromatic N) is 3. The van der Waals surface area contributed by atoms with Crippen LogP contribution in [-0.2, 0) is 0 Å². The van der Waals surface area contributed by atoms with Crippen molar-refractivity contribution < 1.29 is 9.21 Å². The van der Waals surface area contributed by atoms with Crippen molar-refractivity contribution in [3.8, 4) is 17.3 Å². The van der Waals surface area contributed by atoms with E-state index in [1.165, 1.54) is 17.8 Å². The summed E-state index contributed by atoms with van der Waals surface area (Å²) in [4.78, 5) is 20.0. The average Bonchev–Trinajstić information content (AvgIpc) is 3.56. The maximum atomic E-state index is 13.0. The summed E-state index contributed by atoms with van der Waals surface area (Å²) >= 11 is 1.28. The number of amides is 1. The zero-order valence-corrected chi connectivity index (χ0v) is 20.8. The fourth-order valence-electron chi connectivity index (χ4n) is 4.18. The van der Waals surface area contributed by atoms with E-state index in [4.69, 9.17) is 9.40 Å². The summed E-state index contributed by atoms with van der Waals surface area (Å²) in [7, 11) is 0. The molecule has 1 aliphatic rings. The summed E-state index contributed by atoms with van der Waals surface area (Å²) in [5.74, 6) is 1.21. The molecule has 1 amide bonds. The molecule has 0 aliphatic carbocycles. The Kier molecular flexibility index (Phi) is 6.96. The molecule has 3 heterocycles. The van der Waals surface area contributed by atoms with Crippen molar-refractivity contribution in [3.63, 3.8) is 0 Å². The fraction of sp³-hybridized carbons (Fsp3) is 0.207. The average molecular weight is 495 g/mol. The van der Waals surface area contributed by atoms with E-state index in [0.717, 1.165) is 42.9 Å². The van der Waals surface area contributed by atoms with E-state index < -0.39 is 0 Å². The summed E-state index contributed by atoms with van der Waals surface area (Å²) in [6.45, 7) is 3.95. The predicted molar refractivity (Wildman–Crippen MR) is 145 cm³/mol. The van der Waals surface area contributed by atoms with Gasteiger partial charge in [-0.15, -0.1) is 0 Å². The number of carbonyl (C=O) groups excluding carboxylic acids is 1. The van der Waals surface area contributed by atoms with Gasteiger partial charge < -0.3 is 14.6 Å². The van der Waals surface area contributed by atoms with E-state index in [9.17, 15) is 10.1 Å². The van der Waals surface area contributed by atoms with Crippen LogP contribution in [0.25, 0.3) is 22.9 Å². The topological polar surface area (TPSA) is 82.2 Å². The molecule has 1 N–H and O–H groups in total. The van der Waals surface area contributed by atoms with Crippen LogP contribution in [0.15, 0.2) is 71.1 Å². The first-order valence-corrected chi connectivity index (χ1v) is 12.8. The standard InChI is InChI=1S/C29H26N4O2S/c1-20-10-12-22(13-11-20)27(34)32-29-26(21-8-4-2-5-9-21)31-28(36-29)23(19-30)18-24-14-15-25(35-24)33-16-6-3-7-17-33/h2,4-5,8-15,18H,3,6-7,16-17H2,1H3,(H,32,34)/b23-18+. The largest absolute Gasteiger partial charge is 0.441 e. The Bertz CT molecular complexity index is 1420. The smallest absolute Gasteiger partial charge is 0.256 e. The normalized spacial score (nSPS) is 13.9. The highest BCUT2D eigenvalue weighted by atomic mass is 32.1. The molecule has 0 saturated carbocycles. The molecule has 1 saturated heterocycles. The second kappa shape index (κ2) is 10.6. The zero-order chi connectivity index (χ0) is 24.9. The Hall–Kier alpha value is -4.15. The second-order valence-electron chi connectivity index (χ2n) is 8.78. The molecular weight excluding hydrogens is 468 g/mol. The van der Waals surface area contributed by atoms with Gasteiger partial charge in [-0.1, -0.05) is 59.4 Å². The molecule has 7 heteroatoms. The summed E-state index contributed by atoms with van der Waals surface area (Å²) in [6.07, 6.45) is 5.29. The molecule has 5 rings (SSSR count). The number of aryl methyl sites for hydroxylation is 1. The Morgan fingerprint density at radius 3 is 2.53 bits per heavy atom. The number of aromatic nitrogens is 1. The monoisotopic (exact) mass is 494 g/mol. The number of anilines is 2. The minimum Gasteiger partial charge on any atom is -0.441 e. The van der Waals surface area contributed by atoms with Gasteiger partial charge in [-0.3, -0.25) is 4.79 Å². The molecule has 0 atom stereocenters. The van der Waals surface area contributed by atoms with Crippen LogP contribution in [-0.4, -0.2) is 24.0 Å². The maximum absolute atomic E-state index is 13.0. The number of furan rings is 1. The Labute approximate surface area is 214 Å². The van der Waals surface area contributed by atoms with Crippen LogP contribution in [0.1, 0.15) is 46.0 Å². The molecule has 0 bridgehead atoms. The number of hydrogen-bond donors (Lipinski definition) is 1. The van der Waals surface area contributed by atoms with E-state index in [1.807, 2.05) is 61.5 Å². The van der Waals surface area contributed by atoms with Crippen molar-refractivity contribution in [2.45, 2.75) is 26.2 Å². The second-order valence-corrected chi connectivity index (χ2v) is 9.78. The third-order valence-electron chi connectivity index (χ3n) is 6.13. The highest BCUT2D eigenvalue weighted by Crippen LogP contribution is 2.37. The fourth-order valence-corrected chi connectivity index (χ4v) is 5.13. The van der Waals surface area contributed by atoms with Crippen LogP contribution in [0, 0.1) is 18.3 Å². The van der Waals surface area contributed by atoms with Crippen LogP contribution in [0.2, 0.25) is 0 Å². The number of benzene rings is 2. The third-order valence-corrected chi connectivity index (χ3v) is 7.14. The van der Waals surface area contributed by atoms with Gasteiger partial charge in [0.05, 0.1) is 5.57 Å². The molecule has 0 radical (unpaired) electrons. The molecule has 0 unspecified atom stereocenters. The molecule has 2 aromatic carbocycles. The van der Waals surface area contributed by atoms with Crippen LogP contribution >= 0.6 is 11.3 Å². The van der Waals surface area contributed by atoms with Crippen LogP contribution in [0.5, 0.6) is 0 Å². The summed E-state index contributed by atoms with van der Waals surface area (Å²) < 4.78 is 6.04. The predicted octanol–water partition coefficient (Wildman–Crippen LogP) is 7.02. The highest BCUT2D eigenvalue weighted by Gasteiger charge is 2.20. The lowest BCUT2D eigenvalue weighted by Crippen LogP contribution is -2.28. The van der Waals surface area contributed by atoms with Crippen LogP contribution in [0.4, 0.5) is 10.9 Å². The van der Waals surface area contributed by atoms with Gasteiger partial charge in [0, 0.05) is 36.4 Å². The molecule has 2 aromatic heterocycles. The van der Waals surface area contributed by atoms with Crippen molar-refractivity contribution >= 4 is 39.8 Å². The van der Waals surface area contributed by atoms with Crippen molar-refractivity contribution in [1.82, 2.24) is 4.98 Å². The summed E-state index contributed by atoms with van der Waals surface area (Å²) in [6, 6.07) is 23.2. The van der Waals surface area contributed by atoms with Crippen molar-refractivity contribution in [2.75, 3.05) is 23.3 Å². The Balaban J connectivity index is 1.46. The minimum atomic E-state index is -0.220. The molecule has 36 heavy (non-hydrogen) atoms. The van der Waals surface area contributed by atoms with E-state index in [2.05, 4.69) is 16.3 Å². The summed E-state index contributed by atoms with van der Waals surface area (Å²) in [5, 5.41) is 14.1. The minimum absolute atomic E-state index is 0.220. The van der Waals surface area contributed by atoms with E-state index >= 15 is 0 Å². The number of allylic oxidation sites excluding steroid dienone is 1. The first-order valence-electron chi connectivity index (χ1n) is 12.0. The molecule has 4 aromatic rings. The molecule has 1 aliphatic heterocycles. The lowest BCUT2D eigenvalue weighted by Gasteiger charge is -2.25. The van der Waals surface area contributed by atoms with E-state index in [0.29, 0.717) is 32.6 Å². The number of nitriles is 1. The van der Waals surface area contributed by atoms with Crippen LogP contribution in [0.3, 0.4) is 0 Å². The van der Waals surface area contributed by atoms with Gasteiger partial charge >= 0.3 is 0 Å². The number of thiazole rings is 1. The van der Waals surface area contributed by atoms with Crippen molar-refractivity contribution in [1.29, 1.82) is 5.26 Å². The van der Waals surface area contributed by atoms with Gasteiger partial charge in [0.2, 0.25) is 0 Å². The molecule has 6 nitrogen and oxygen atoms in total. The third kappa shape index (κ3) is 5.24. The molecule has 1 fully saturated rings. The quantitative estimate of drug-likeness (QED) is 0.291. The Morgan fingerprint density at radius 2 is 1.81 bits per heavy atom. The van der Waals surface area contributed by atoms with Crippen molar-refractivity contribution in [3.05, 3.63) is 88.6 Å². The maximum Gasteiger partial charge on any atom is 0.256 e. The molecular formula is C29H26N4O2S. The Morgan fingerprint density at radius 1 is 1.06 bits per heavy atom. The van der Waals surface area contributed by atoms with Gasteiger partial charge in [0.25, 0.3) is 5.91 Å². The van der Waals surface area contributed by atoms with Gasteiger partial charge in [-0.2, -0.15) is 5.26 Å². The van der Waals surface area contributed by atoms with Crippen molar-refractivity contribution in [2.24, 2.45) is 0 Å². The molecule has 180 valence electrons. The van der Waals surface area contributed by atoms with Gasteiger partial charge in [-0.25, -0.2) is 4.98 Å². The molecule has 0 spiro atoms. The van der Waals surface area contributed by atoms with Gasteiger partial charge in [0.1, 0.15) is 27.5 Å². The first-order chi connectivity index (χ1) is 17.6. The van der Waals surface area contributed by atoms with Gasteiger partial charge in [-0.05, 0) is 44.4 Å². The number of carbonyl (C=O) groups is 1. The number of rotatable bonds is 6. The highest BCUT2D eigenvalue weighted by molar-refractivity contribution is 7.17. The summed E-state index contributed by atoms with van der Waals surface area (Å²) in [5.41, 5.74) is 3.52. The zero-order valence-electron chi connectivity index (χ0n) is 20.0. The SMILES string of the molecule is Cc1ccc(C(=O)Nc2sc(/C(C#N)=C/c3ccc(N4CCCCC4)o3)nc2-c2ccccc2)cc1. The van der Waals surface area contributed by atoms with E-state index in [-0.39, 0.29) is 5.91 Å². The first kappa shape index (κ1) is 23.6. The number of nitrogens with one attached hydrogen (secondary N) is 1. The number of hydrogen-bond acceptors (Lipinski definition) is 6. The lowest BCUT2D eigenvalue weighted by atomic mass is 10.1. The number of piperidine rings is 1. The van der Waals surface area contributed by atoms with E-state index in [1.54, 1.807) is 18.2 Å². The van der Waals surface area contributed by atoms with Crippen LogP contribution < -0.4 is 10.2 Å².